The van der Waals surface area contributed by atoms with Crippen LogP contribution in [-0.2, 0) is 4.79 Å². The fraction of sp³-hybridized carbons (Fsp3) is 0.614. The first-order valence-electron chi connectivity index (χ1n) is 20.7. The molecule has 0 spiro atoms. The van der Waals surface area contributed by atoms with Gasteiger partial charge in [-0.25, -0.2) is 0 Å². The van der Waals surface area contributed by atoms with E-state index in [-0.39, 0.29) is 0 Å². The van der Waals surface area contributed by atoms with E-state index >= 15 is 0 Å². The maximum absolute atomic E-state index is 11.9. The van der Waals surface area contributed by atoms with Crippen LogP contribution in [0.4, 0.5) is 11.4 Å². The highest BCUT2D eigenvalue weighted by Gasteiger charge is 2.26. The highest BCUT2D eigenvalue weighted by atomic mass is 32.1. The van der Waals surface area contributed by atoms with Gasteiger partial charge in [-0.2, -0.15) is 0 Å². The number of carbonyl (C=O) groups is 1. The third-order valence-electron chi connectivity index (χ3n) is 12.9. The minimum absolute atomic E-state index is 0.296. The number of fused-ring (bicyclic) bond motifs is 2. The lowest BCUT2D eigenvalue weighted by Crippen LogP contribution is -2.47. The van der Waals surface area contributed by atoms with Crippen LogP contribution in [-0.4, -0.2) is 106 Å². The first-order valence-corrected chi connectivity index (χ1v) is 22.5. The first-order chi connectivity index (χ1) is 25.9. The number of nitrogens with zero attached hydrogens (tertiary/aromatic N) is 5. The number of thiophene rings is 2. The van der Waals surface area contributed by atoms with Crippen LogP contribution in [0.3, 0.4) is 0 Å². The number of rotatable bonds is 10. The van der Waals surface area contributed by atoms with E-state index in [1.807, 2.05) is 36.8 Å². The summed E-state index contributed by atoms with van der Waals surface area (Å²) in [6.07, 6.45) is 13.7. The molecule has 4 heterocycles. The summed E-state index contributed by atoms with van der Waals surface area (Å²) in [4.78, 5) is 24.1. The van der Waals surface area contributed by atoms with Crippen LogP contribution in [0.25, 0.3) is 20.2 Å². The average Bonchev–Trinajstić information content (AvgIpc) is 3.89. The standard InChI is InChI=1S/C24H35N3OS.C20H29N3S/c1-25(2)24(28)18-20-8-6-19(7-9-20)10-12-26-13-15-27(16-14-26)22-4-3-5-23-21(22)11-17-29-23;21-17-6-4-16(5-7-17)8-10-22-11-13-23(14-12-22)19-2-1-3-20-18(19)9-15-24-20/h3-5,11,17,19-20H,6-10,12-16,18H2,1-2H3;1-3,9,15-17H,4-8,10-14,21H2. The Kier molecular flexibility index (Phi) is 13.7. The number of nitrogens with two attached hydrogens (primary N) is 1. The Balaban J connectivity index is 0.000000167. The molecule has 2 aromatic heterocycles. The molecule has 2 saturated heterocycles. The molecule has 0 unspecified atom stereocenters. The first kappa shape index (κ1) is 38.6. The molecular formula is C44H64N6OS2. The van der Waals surface area contributed by atoms with Gasteiger partial charge in [-0.1, -0.05) is 25.0 Å². The van der Waals surface area contributed by atoms with Gasteiger partial charge in [-0.05, 0) is 129 Å². The van der Waals surface area contributed by atoms with Gasteiger partial charge in [0.15, 0.2) is 0 Å². The van der Waals surface area contributed by atoms with Gasteiger partial charge < -0.3 is 20.4 Å². The summed E-state index contributed by atoms with van der Waals surface area (Å²) in [6, 6.07) is 18.4. The summed E-state index contributed by atoms with van der Waals surface area (Å²) in [5.74, 6) is 2.69. The van der Waals surface area contributed by atoms with E-state index < -0.39 is 0 Å². The van der Waals surface area contributed by atoms with Crippen molar-refractivity contribution >= 4 is 60.1 Å². The topological polar surface area (TPSA) is 59.3 Å². The van der Waals surface area contributed by atoms with Gasteiger partial charge in [0.1, 0.15) is 0 Å². The van der Waals surface area contributed by atoms with Crippen LogP contribution in [0, 0.1) is 17.8 Å². The molecule has 0 bridgehead atoms. The lowest BCUT2D eigenvalue weighted by atomic mass is 9.79. The van der Waals surface area contributed by atoms with Crippen molar-refractivity contribution < 1.29 is 4.79 Å². The number of anilines is 2. The van der Waals surface area contributed by atoms with Crippen LogP contribution < -0.4 is 15.5 Å². The summed E-state index contributed by atoms with van der Waals surface area (Å²) >= 11 is 3.68. The fourth-order valence-corrected chi connectivity index (χ4v) is 10.9. The largest absolute Gasteiger partial charge is 0.368 e. The number of piperazine rings is 2. The summed E-state index contributed by atoms with van der Waals surface area (Å²) in [6.45, 7) is 11.8. The van der Waals surface area contributed by atoms with Crippen molar-refractivity contribution in [2.24, 2.45) is 23.5 Å². The zero-order chi connectivity index (χ0) is 36.6. The Morgan fingerprint density at radius 1 is 0.623 bits per heavy atom. The molecule has 2 aromatic carbocycles. The molecular weight excluding hydrogens is 693 g/mol. The second-order valence-corrected chi connectivity index (χ2v) is 18.5. The van der Waals surface area contributed by atoms with Crippen molar-refractivity contribution in [2.75, 3.05) is 89.3 Å². The summed E-state index contributed by atoms with van der Waals surface area (Å²) in [5, 5.41) is 7.25. The van der Waals surface area contributed by atoms with Crippen molar-refractivity contribution in [1.29, 1.82) is 0 Å². The van der Waals surface area contributed by atoms with Gasteiger partial charge in [0.25, 0.3) is 0 Å². The normalized spacial score (nSPS) is 24.7. The molecule has 4 aromatic rings. The van der Waals surface area contributed by atoms with Crippen LogP contribution in [0.2, 0.25) is 0 Å². The molecule has 2 aliphatic carbocycles. The molecule has 4 fully saturated rings. The second kappa shape index (κ2) is 18.8. The quantitative estimate of drug-likeness (QED) is 0.175. The van der Waals surface area contributed by atoms with Crippen LogP contribution in [0.15, 0.2) is 59.3 Å². The average molecular weight is 757 g/mol. The van der Waals surface area contributed by atoms with Crippen molar-refractivity contribution in [2.45, 2.75) is 76.7 Å². The molecule has 2 saturated carbocycles. The van der Waals surface area contributed by atoms with Gasteiger partial charge in [0, 0.05) is 110 Å². The lowest BCUT2D eigenvalue weighted by Gasteiger charge is -2.37. The predicted molar refractivity (Wildman–Crippen MR) is 229 cm³/mol. The van der Waals surface area contributed by atoms with Gasteiger partial charge in [-0.3, -0.25) is 14.6 Å². The maximum atomic E-state index is 11.9. The zero-order valence-electron chi connectivity index (χ0n) is 32.5. The third kappa shape index (κ3) is 10.3. The highest BCUT2D eigenvalue weighted by molar-refractivity contribution is 7.17. The SMILES string of the molecule is CN(C)C(=O)CC1CCC(CCN2CCN(c3cccc4sccc34)CC2)CC1.NC1CCC(CCN2CCN(c3cccc4sccc34)CC2)CC1. The van der Waals surface area contributed by atoms with Crippen molar-refractivity contribution in [1.82, 2.24) is 14.7 Å². The molecule has 288 valence electrons. The van der Waals surface area contributed by atoms with E-state index in [0.29, 0.717) is 17.9 Å². The van der Waals surface area contributed by atoms with Gasteiger partial charge in [0.2, 0.25) is 5.91 Å². The molecule has 1 amide bonds. The summed E-state index contributed by atoms with van der Waals surface area (Å²) in [7, 11) is 3.74. The number of hydrogen-bond acceptors (Lipinski definition) is 8. The molecule has 9 heteroatoms. The third-order valence-corrected chi connectivity index (χ3v) is 14.7. The van der Waals surface area contributed by atoms with E-state index in [9.17, 15) is 4.79 Å². The van der Waals surface area contributed by atoms with Crippen molar-refractivity contribution in [3.8, 4) is 0 Å². The van der Waals surface area contributed by atoms with Gasteiger partial charge >= 0.3 is 0 Å². The number of amides is 1. The second-order valence-electron chi connectivity index (χ2n) is 16.6. The Morgan fingerprint density at radius 3 is 1.51 bits per heavy atom. The summed E-state index contributed by atoms with van der Waals surface area (Å²) in [5.41, 5.74) is 8.86. The van der Waals surface area contributed by atoms with Crippen molar-refractivity contribution in [3.05, 3.63) is 59.3 Å². The van der Waals surface area contributed by atoms with E-state index in [1.54, 1.807) is 4.90 Å². The molecule has 8 rings (SSSR count). The van der Waals surface area contributed by atoms with Crippen LogP contribution in [0.5, 0.6) is 0 Å². The number of hydrogen-bond donors (Lipinski definition) is 1. The fourth-order valence-electron chi connectivity index (χ4n) is 9.29. The minimum atomic E-state index is 0.296. The number of benzene rings is 2. The Bertz CT molecular complexity index is 1700. The Hall–Kier alpha value is -2.69. The zero-order valence-corrected chi connectivity index (χ0v) is 34.1. The molecule has 2 aliphatic heterocycles. The van der Waals surface area contributed by atoms with Crippen molar-refractivity contribution in [3.63, 3.8) is 0 Å². The smallest absolute Gasteiger partial charge is 0.222 e. The molecule has 0 radical (unpaired) electrons. The Labute approximate surface area is 327 Å². The van der Waals surface area contributed by atoms with E-state index in [1.165, 1.54) is 135 Å². The van der Waals surface area contributed by atoms with Gasteiger partial charge in [0.05, 0.1) is 0 Å². The predicted octanol–water partition coefficient (Wildman–Crippen LogP) is 8.63. The van der Waals surface area contributed by atoms with Crippen LogP contribution in [0.1, 0.15) is 70.6 Å². The maximum Gasteiger partial charge on any atom is 0.222 e. The van der Waals surface area contributed by atoms with E-state index in [2.05, 4.69) is 78.9 Å². The lowest BCUT2D eigenvalue weighted by molar-refractivity contribution is -0.130. The molecule has 2 N–H and O–H groups in total. The molecule has 7 nitrogen and oxygen atoms in total. The Morgan fingerprint density at radius 2 is 1.06 bits per heavy atom. The minimum Gasteiger partial charge on any atom is -0.368 e. The van der Waals surface area contributed by atoms with E-state index in [0.717, 1.165) is 44.4 Å². The molecule has 4 aliphatic rings. The molecule has 0 atom stereocenters. The number of carbonyl (C=O) groups excluding carboxylic acids is 1. The van der Waals surface area contributed by atoms with E-state index in [4.69, 9.17) is 5.73 Å². The van der Waals surface area contributed by atoms with Crippen LogP contribution >= 0.6 is 22.7 Å². The summed E-state index contributed by atoms with van der Waals surface area (Å²) < 4.78 is 2.80. The molecule has 53 heavy (non-hydrogen) atoms. The van der Waals surface area contributed by atoms with Gasteiger partial charge in [-0.15, -0.1) is 22.7 Å². The monoisotopic (exact) mass is 756 g/mol. The highest BCUT2D eigenvalue weighted by Crippen LogP contribution is 2.35.